The molecule has 1 aromatic carbocycles. The molecule has 5 heteroatoms. The molecule has 0 spiro atoms. The van der Waals surface area contributed by atoms with Crippen LogP contribution in [0.15, 0.2) is 12.1 Å². The highest BCUT2D eigenvalue weighted by atomic mass is 16.5. The number of rotatable bonds is 4. The van der Waals surface area contributed by atoms with E-state index in [9.17, 15) is 15.0 Å². The number of phenols is 1. The number of carbonyl (C=O) groups is 1. The molecule has 0 bridgehead atoms. The van der Waals surface area contributed by atoms with Crippen molar-refractivity contribution in [3.8, 4) is 11.5 Å². The van der Waals surface area contributed by atoms with Crippen LogP contribution < -0.4 is 4.74 Å². The van der Waals surface area contributed by atoms with Gasteiger partial charge < -0.3 is 14.9 Å². The third kappa shape index (κ3) is 1.91. The Hall–Kier alpha value is -1.59. The molecule has 5 rings (SSSR count). The van der Waals surface area contributed by atoms with E-state index >= 15 is 0 Å². The minimum absolute atomic E-state index is 0.0275. The SMILES string of the molecule is CCN(CC1CC1)[C@@H]1Cc2ccc(O)c3c2[C@@]2(C)[C@@H](O3)C(=O)CC[C@@]12O. The molecule has 0 radical (unpaired) electrons. The Morgan fingerprint density at radius 2 is 2.12 bits per heavy atom. The number of ketones is 1. The third-order valence-corrected chi connectivity index (χ3v) is 7.45. The minimum Gasteiger partial charge on any atom is -0.504 e. The lowest BCUT2D eigenvalue weighted by molar-refractivity contribution is -0.166. The molecule has 26 heavy (non-hydrogen) atoms. The number of Topliss-reactive ketones (excluding diaryl/α,β-unsaturated/α-hetero) is 1. The van der Waals surface area contributed by atoms with Gasteiger partial charge in [0, 0.05) is 24.6 Å². The summed E-state index contributed by atoms with van der Waals surface area (Å²) in [7, 11) is 0. The number of ether oxygens (including phenoxy) is 1. The van der Waals surface area contributed by atoms with Crippen LogP contribution in [0.4, 0.5) is 0 Å². The Kier molecular flexibility index (Phi) is 3.33. The molecule has 1 aromatic rings. The summed E-state index contributed by atoms with van der Waals surface area (Å²) in [6.45, 7) is 6.03. The van der Waals surface area contributed by atoms with E-state index in [0.29, 0.717) is 18.6 Å². The van der Waals surface area contributed by atoms with Crippen LogP contribution in [0.25, 0.3) is 0 Å². The van der Waals surface area contributed by atoms with Crippen LogP contribution in [0.3, 0.4) is 0 Å². The molecule has 1 heterocycles. The molecule has 4 atom stereocenters. The zero-order valence-corrected chi connectivity index (χ0v) is 15.5. The highest BCUT2D eigenvalue weighted by Crippen LogP contribution is 2.61. The van der Waals surface area contributed by atoms with Crippen molar-refractivity contribution in [1.82, 2.24) is 4.90 Å². The quantitative estimate of drug-likeness (QED) is 0.864. The fourth-order valence-electron chi connectivity index (χ4n) is 5.80. The van der Waals surface area contributed by atoms with Gasteiger partial charge in [-0.05, 0) is 56.7 Å². The summed E-state index contributed by atoms with van der Waals surface area (Å²) >= 11 is 0. The van der Waals surface area contributed by atoms with Gasteiger partial charge in [0.05, 0.1) is 11.0 Å². The zero-order valence-electron chi connectivity index (χ0n) is 15.5. The van der Waals surface area contributed by atoms with Crippen molar-refractivity contribution in [2.45, 2.75) is 69.1 Å². The van der Waals surface area contributed by atoms with Crippen molar-refractivity contribution in [3.05, 3.63) is 23.3 Å². The van der Waals surface area contributed by atoms with Gasteiger partial charge in [0.15, 0.2) is 23.4 Å². The summed E-state index contributed by atoms with van der Waals surface area (Å²) in [5.41, 5.74) is 0.131. The Bertz CT molecular complexity index is 788. The molecule has 140 valence electrons. The number of hydrogen-bond acceptors (Lipinski definition) is 5. The van der Waals surface area contributed by atoms with Crippen molar-refractivity contribution in [2.24, 2.45) is 5.92 Å². The van der Waals surface area contributed by atoms with Gasteiger partial charge in [0.1, 0.15) is 0 Å². The molecule has 2 N–H and O–H groups in total. The van der Waals surface area contributed by atoms with Gasteiger partial charge in [-0.25, -0.2) is 0 Å². The summed E-state index contributed by atoms with van der Waals surface area (Å²) in [6.07, 6.45) is 3.38. The molecule has 0 amide bonds. The number of aliphatic hydroxyl groups is 1. The monoisotopic (exact) mass is 357 g/mol. The van der Waals surface area contributed by atoms with Crippen molar-refractivity contribution < 1.29 is 19.7 Å². The zero-order chi connectivity index (χ0) is 18.3. The number of carbonyl (C=O) groups excluding carboxylic acids is 1. The summed E-state index contributed by atoms with van der Waals surface area (Å²) in [6, 6.07) is 3.58. The largest absolute Gasteiger partial charge is 0.504 e. The molecule has 2 saturated carbocycles. The second kappa shape index (κ2) is 5.23. The second-order valence-corrected chi connectivity index (χ2v) is 8.79. The van der Waals surface area contributed by atoms with E-state index in [-0.39, 0.29) is 17.6 Å². The predicted octanol–water partition coefficient (Wildman–Crippen LogP) is 2.16. The van der Waals surface area contributed by atoms with E-state index in [1.165, 1.54) is 12.8 Å². The lowest BCUT2D eigenvalue weighted by atomic mass is 9.52. The van der Waals surface area contributed by atoms with Gasteiger partial charge >= 0.3 is 0 Å². The Balaban J connectivity index is 1.68. The van der Waals surface area contributed by atoms with E-state index in [0.717, 1.165) is 36.6 Å². The normalized spacial score (nSPS) is 37.6. The maximum atomic E-state index is 12.7. The van der Waals surface area contributed by atoms with Crippen LogP contribution in [0.1, 0.15) is 50.7 Å². The average molecular weight is 357 g/mol. The van der Waals surface area contributed by atoms with Gasteiger partial charge in [-0.2, -0.15) is 0 Å². The van der Waals surface area contributed by atoms with Crippen LogP contribution in [0, 0.1) is 5.92 Å². The first-order chi connectivity index (χ1) is 12.4. The van der Waals surface area contributed by atoms with Crippen LogP contribution in [0.5, 0.6) is 11.5 Å². The fourth-order valence-corrected chi connectivity index (χ4v) is 5.80. The standard InChI is InChI=1S/C21H27NO4/c1-3-22(11-12-4-5-12)16-10-13-6-7-14(23)18-17(13)20(2)19(26-18)15(24)8-9-21(16,20)25/h6-7,12,16,19,23,25H,3-5,8-11H2,1-2H3/t16-,19+,20+,21-/m1/s1. The number of phenolic OH excluding ortho intramolecular Hbond substituents is 1. The smallest absolute Gasteiger partial charge is 0.174 e. The van der Waals surface area contributed by atoms with Crippen molar-refractivity contribution in [2.75, 3.05) is 13.1 Å². The third-order valence-electron chi connectivity index (χ3n) is 7.45. The minimum atomic E-state index is -1.03. The topological polar surface area (TPSA) is 70.0 Å². The van der Waals surface area contributed by atoms with Crippen LogP contribution >= 0.6 is 0 Å². The number of likely N-dealkylation sites (N-methyl/N-ethyl adjacent to an activating group) is 1. The lowest BCUT2D eigenvalue weighted by Crippen LogP contribution is -2.72. The molecule has 2 fully saturated rings. The van der Waals surface area contributed by atoms with Crippen molar-refractivity contribution in [3.63, 3.8) is 0 Å². The maximum Gasteiger partial charge on any atom is 0.174 e. The number of hydrogen-bond donors (Lipinski definition) is 2. The molecule has 0 aromatic heterocycles. The van der Waals surface area contributed by atoms with Gasteiger partial charge in [-0.3, -0.25) is 9.69 Å². The summed E-state index contributed by atoms with van der Waals surface area (Å²) in [5, 5.41) is 22.4. The van der Waals surface area contributed by atoms with Gasteiger partial charge in [-0.15, -0.1) is 0 Å². The number of aromatic hydroxyl groups is 1. The van der Waals surface area contributed by atoms with Gasteiger partial charge in [0.25, 0.3) is 0 Å². The molecule has 4 aliphatic rings. The van der Waals surface area contributed by atoms with E-state index in [2.05, 4.69) is 11.8 Å². The molecular weight excluding hydrogens is 330 g/mol. The number of nitrogens with zero attached hydrogens (tertiary/aromatic N) is 1. The van der Waals surface area contributed by atoms with E-state index < -0.39 is 17.1 Å². The van der Waals surface area contributed by atoms with E-state index in [4.69, 9.17) is 4.74 Å². The highest BCUT2D eigenvalue weighted by molar-refractivity contribution is 5.89. The first-order valence-corrected chi connectivity index (χ1v) is 9.91. The summed E-state index contributed by atoms with van der Waals surface area (Å²) in [5.74, 6) is 1.25. The van der Waals surface area contributed by atoms with E-state index in [1.54, 1.807) is 6.07 Å². The second-order valence-electron chi connectivity index (χ2n) is 8.79. The highest BCUT2D eigenvalue weighted by Gasteiger charge is 2.69. The first kappa shape index (κ1) is 16.6. The van der Waals surface area contributed by atoms with E-state index in [1.807, 2.05) is 13.0 Å². The summed E-state index contributed by atoms with van der Waals surface area (Å²) < 4.78 is 5.99. The van der Waals surface area contributed by atoms with Gasteiger partial charge in [-0.1, -0.05) is 13.0 Å². The van der Waals surface area contributed by atoms with Crippen molar-refractivity contribution in [1.29, 1.82) is 0 Å². The fraction of sp³-hybridized carbons (Fsp3) is 0.667. The summed E-state index contributed by atoms with van der Waals surface area (Å²) in [4.78, 5) is 15.1. The van der Waals surface area contributed by atoms with Gasteiger partial charge in [0.2, 0.25) is 0 Å². The average Bonchev–Trinajstić information content (AvgIpc) is 3.37. The maximum absolute atomic E-state index is 12.7. The molecule has 5 nitrogen and oxygen atoms in total. The molecule has 0 unspecified atom stereocenters. The lowest BCUT2D eigenvalue weighted by Gasteiger charge is -2.57. The molecule has 0 saturated heterocycles. The Morgan fingerprint density at radius 3 is 2.81 bits per heavy atom. The van der Waals surface area contributed by atoms with Crippen LogP contribution in [0.2, 0.25) is 0 Å². The first-order valence-electron chi connectivity index (χ1n) is 9.91. The van der Waals surface area contributed by atoms with Crippen LogP contribution in [-0.2, 0) is 16.6 Å². The molecule has 1 aliphatic heterocycles. The van der Waals surface area contributed by atoms with Crippen LogP contribution in [-0.4, -0.2) is 51.7 Å². The predicted molar refractivity (Wildman–Crippen MR) is 96.5 cm³/mol. The molecular formula is C21H27NO4. The molecule has 3 aliphatic carbocycles. The van der Waals surface area contributed by atoms with Crippen molar-refractivity contribution >= 4 is 5.78 Å². The Morgan fingerprint density at radius 1 is 1.35 bits per heavy atom. The number of benzene rings is 1. The Labute approximate surface area is 154 Å².